The van der Waals surface area contributed by atoms with Crippen molar-refractivity contribution < 1.29 is 15.0 Å². The maximum atomic E-state index is 10.2. The molecular weight excluding hydrogens is 158 g/mol. The highest BCUT2D eigenvalue weighted by Crippen LogP contribution is 1.99. The van der Waals surface area contributed by atoms with Crippen LogP contribution >= 0.6 is 0 Å². The number of rotatable bonds is 4. The van der Waals surface area contributed by atoms with E-state index < -0.39 is 6.10 Å². The van der Waals surface area contributed by atoms with Crippen molar-refractivity contribution in [2.45, 2.75) is 12.6 Å². The standard InChI is InChI=1S/C8H11NO3/c10-5-7-1-2-9(3-7)4-8(12)6-11/h1-3,5,8,11-12H,4,6H2. The van der Waals surface area contributed by atoms with E-state index in [4.69, 9.17) is 10.2 Å². The molecule has 0 radical (unpaired) electrons. The van der Waals surface area contributed by atoms with Crippen LogP contribution in [0.25, 0.3) is 0 Å². The van der Waals surface area contributed by atoms with Crippen LogP contribution in [-0.2, 0) is 6.54 Å². The molecule has 0 aliphatic carbocycles. The van der Waals surface area contributed by atoms with E-state index >= 15 is 0 Å². The molecule has 4 heteroatoms. The molecule has 0 fully saturated rings. The molecule has 0 spiro atoms. The first kappa shape index (κ1) is 8.96. The molecule has 66 valence electrons. The molecule has 1 atom stereocenters. The van der Waals surface area contributed by atoms with Crippen molar-refractivity contribution in [1.82, 2.24) is 4.57 Å². The van der Waals surface area contributed by atoms with Crippen LogP contribution in [0, 0.1) is 0 Å². The molecule has 1 aromatic heterocycles. The van der Waals surface area contributed by atoms with E-state index in [0.29, 0.717) is 12.1 Å². The fourth-order valence-electron chi connectivity index (χ4n) is 0.944. The first-order chi connectivity index (χ1) is 5.76. The zero-order valence-corrected chi connectivity index (χ0v) is 6.55. The van der Waals surface area contributed by atoms with Crippen LogP contribution in [0.3, 0.4) is 0 Å². The summed E-state index contributed by atoms with van der Waals surface area (Å²) in [5.41, 5.74) is 0.570. The highest BCUT2D eigenvalue weighted by molar-refractivity contribution is 5.74. The molecule has 1 rings (SSSR count). The average Bonchev–Trinajstić information content (AvgIpc) is 2.52. The lowest BCUT2D eigenvalue weighted by molar-refractivity contribution is 0.0812. The van der Waals surface area contributed by atoms with E-state index in [9.17, 15) is 4.79 Å². The molecule has 1 aromatic rings. The molecule has 0 saturated carbocycles. The number of carbonyl (C=O) groups excluding carboxylic acids is 1. The van der Waals surface area contributed by atoms with Crippen LogP contribution in [0.5, 0.6) is 0 Å². The van der Waals surface area contributed by atoms with Crippen molar-refractivity contribution >= 4 is 6.29 Å². The largest absolute Gasteiger partial charge is 0.394 e. The van der Waals surface area contributed by atoms with Crippen LogP contribution in [0.1, 0.15) is 10.4 Å². The van der Waals surface area contributed by atoms with Gasteiger partial charge in [0.25, 0.3) is 0 Å². The normalized spacial score (nSPS) is 12.8. The van der Waals surface area contributed by atoms with Gasteiger partial charge in [-0.3, -0.25) is 4.79 Å². The van der Waals surface area contributed by atoms with Crippen LogP contribution in [0.4, 0.5) is 0 Å². The summed E-state index contributed by atoms with van der Waals surface area (Å²) in [6.07, 6.45) is 3.27. The Morgan fingerprint density at radius 1 is 1.67 bits per heavy atom. The molecule has 12 heavy (non-hydrogen) atoms. The Kier molecular flexibility index (Phi) is 3.01. The smallest absolute Gasteiger partial charge is 0.151 e. The quantitative estimate of drug-likeness (QED) is 0.606. The summed E-state index contributed by atoms with van der Waals surface area (Å²) in [4.78, 5) is 10.2. The lowest BCUT2D eigenvalue weighted by atomic mass is 10.4. The van der Waals surface area contributed by atoms with Gasteiger partial charge in [0.05, 0.1) is 19.3 Å². The Bertz CT molecular complexity index is 257. The number of aliphatic hydroxyl groups excluding tert-OH is 2. The van der Waals surface area contributed by atoms with Crippen molar-refractivity contribution in [2.24, 2.45) is 0 Å². The number of aliphatic hydroxyl groups is 2. The second-order valence-corrected chi connectivity index (χ2v) is 2.60. The SMILES string of the molecule is O=Cc1ccn(CC(O)CO)c1. The first-order valence-corrected chi connectivity index (χ1v) is 3.66. The van der Waals surface area contributed by atoms with Crippen molar-refractivity contribution in [3.05, 3.63) is 24.0 Å². The van der Waals surface area contributed by atoms with E-state index in [0.717, 1.165) is 6.29 Å². The summed E-state index contributed by atoms with van der Waals surface area (Å²) in [6, 6.07) is 1.65. The van der Waals surface area contributed by atoms with Gasteiger partial charge in [0.1, 0.15) is 0 Å². The van der Waals surface area contributed by atoms with Crippen LogP contribution in [0.15, 0.2) is 18.5 Å². The molecule has 2 N–H and O–H groups in total. The topological polar surface area (TPSA) is 62.5 Å². The van der Waals surface area contributed by atoms with E-state index in [-0.39, 0.29) is 6.61 Å². The molecule has 1 heterocycles. The molecule has 0 amide bonds. The van der Waals surface area contributed by atoms with Crippen molar-refractivity contribution in [3.8, 4) is 0 Å². The maximum absolute atomic E-state index is 10.2. The van der Waals surface area contributed by atoms with Gasteiger partial charge in [0.15, 0.2) is 6.29 Å². The van der Waals surface area contributed by atoms with Gasteiger partial charge in [-0.05, 0) is 6.07 Å². The maximum Gasteiger partial charge on any atom is 0.151 e. The Morgan fingerprint density at radius 3 is 2.92 bits per heavy atom. The number of aldehydes is 1. The van der Waals surface area contributed by atoms with E-state index in [2.05, 4.69) is 0 Å². The Labute approximate surface area is 70.1 Å². The van der Waals surface area contributed by atoms with Crippen molar-refractivity contribution in [3.63, 3.8) is 0 Å². The van der Waals surface area contributed by atoms with Gasteiger partial charge in [0, 0.05) is 18.0 Å². The van der Waals surface area contributed by atoms with Crippen molar-refractivity contribution in [2.75, 3.05) is 6.61 Å². The minimum atomic E-state index is -0.767. The predicted molar refractivity (Wildman–Crippen MR) is 42.9 cm³/mol. The highest BCUT2D eigenvalue weighted by atomic mass is 16.3. The van der Waals surface area contributed by atoms with Gasteiger partial charge in [-0.2, -0.15) is 0 Å². The zero-order chi connectivity index (χ0) is 8.97. The van der Waals surface area contributed by atoms with Crippen molar-refractivity contribution in [1.29, 1.82) is 0 Å². The van der Waals surface area contributed by atoms with Gasteiger partial charge >= 0.3 is 0 Å². The molecule has 0 saturated heterocycles. The fourth-order valence-corrected chi connectivity index (χ4v) is 0.944. The summed E-state index contributed by atoms with van der Waals surface area (Å²) in [5, 5.41) is 17.6. The summed E-state index contributed by atoms with van der Waals surface area (Å²) in [5.74, 6) is 0. The molecular formula is C8H11NO3. The number of hydrogen-bond donors (Lipinski definition) is 2. The van der Waals surface area contributed by atoms with Gasteiger partial charge in [0.2, 0.25) is 0 Å². The monoisotopic (exact) mass is 169 g/mol. The molecule has 0 aromatic carbocycles. The fraction of sp³-hybridized carbons (Fsp3) is 0.375. The summed E-state index contributed by atoms with van der Waals surface area (Å²) in [7, 11) is 0. The van der Waals surface area contributed by atoms with Crippen LogP contribution in [-0.4, -0.2) is 33.8 Å². The molecule has 0 aliphatic rings. The second kappa shape index (κ2) is 4.04. The number of nitrogens with zero attached hydrogens (tertiary/aromatic N) is 1. The Hall–Kier alpha value is -1.13. The lowest BCUT2D eigenvalue weighted by Crippen LogP contribution is -2.18. The molecule has 0 aliphatic heterocycles. The average molecular weight is 169 g/mol. The number of hydrogen-bond acceptors (Lipinski definition) is 3. The third kappa shape index (κ3) is 2.18. The third-order valence-corrected chi connectivity index (χ3v) is 1.54. The Balaban J connectivity index is 2.57. The minimum absolute atomic E-state index is 0.269. The minimum Gasteiger partial charge on any atom is -0.394 e. The zero-order valence-electron chi connectivity index (χ0n) is 6.55. The number of aromatic nitrogens is 1. The molecule has 4 nitrogen and oxygen atoms in total. The second-order valence-electron chi connectivity index (χ2n) is 2.60. The Morgan fingerprint density at radius 2 is 2.42 bits per heavy atom. The first-order valence-electron chi connectivity index (χ1n) is 3.66. The number of carbonyl (C=O) groups is 1. The summed E-state index contributed by atoms with van der Waals surface area (Å²) < 4.78 is 1.66. The van der Waals surface area contributed by atoms with Crippen LogP contribution < -0.4 is 0 Å². The van der Waals surface area contributed by atoms with Gasteiger partial charge in [-0.25, -0.2) is 0 Å². The third-order valence-electron chi connectivity index (χ3n) is 1.54. The van der Waals surface area contributed by atoms with Gasteiger partial charge < -0.3 is 14.8 Å². The van der Waals surface area contributed by atoms with Crippen LogP contribution in [0.2, 0.25) is 0 Å². The summed E-state index contributed by atoms with van der Waals surface area (Å²) in [6.45, 7) is 0.0406. The highest BCUT2D eigenvalue weighted by Gasteiger charge is 2.02. The van der Waals surface area contributed by atoms with Gasteiger partial charge in [-0.15, -0.1) is 0 Å². The van der Waals surface area contributed by atoms with E-state index in [1.54, 1.807) is 23.0 Å². The summed E-state index contributed by atoms with van der Waals surface area (Å²) >= 11 is 0. The lowest BCUT2D eigenvalue weighted by Gasteiger charge is -2.06. The molecule has 0 bridgehead atoms. The van der Waals surface area contributed by atoms with E-state index in [1.165, 1.54) is 0 Å². The van der Waals surface area contributed by atoms with E-state index in [1.807, 2.05) is 0 Å². The molecule has 1 unspecified atom stereocenters. The van der Waals surface area contributed by atoms with Gasteiger partial charge in [-0.1, -0.05) is 0 Å². The predicted octanol–water partition coefficient (Wildman–Crippen LogP) is -0.346.